The summed E-state index contributed by atoms with van der Waals surface area (Å²) in [6.07, 6.45) is 1.01. The fourth-order valence-corrected chi connectivity index (χ4v) is 4.00. The molecule has 1 unspecified atom stereocenters. The Labute approximate surface area is 130 Å². The molecular formula is C13H11Cl3N2S. The third-order valence-electron chi connectivity index (χ3n) is 3.42. The highest BCUT2D eigenvalue weighted by atomic mass is 35.5. The molecule has 0 saturated carbocycles. The number of nitrogens with zero attached hydrogens (tertiary/aromatic N) is 2. The summed E-state index contributed by atoms with van der Waals surface area (Å²) >= 11 is 20.0. The van der Waals surface area contributed by atoms with Crippen LogP contribution in [0.5, 0.6) is 0 Å². The van der Waals surface area contributed by atoms with E-state index in [4.69, 9.17) is 34.8 Å². The van der Waals surface area contributed by atoms with Crippen molar-refractivity contribution in [2.45, 2.75) is 19.4 Å². The number of pyridine rings is 1. The molecule has 1 aliphatic heterocycles. The van der Waals surface area contributed by atoms with E-state index in [-0.39, 0.29) is 6.04 Å². The zero-order valence-corrected chi connectivity index (χ0v) is 13.2. The minimum Gasteiger partial charge on any atom is -0.348 e. The Bertz CT molecular complexity index is 626. The summed E-state index contributed by atoms with van der Waals surface area (Å²) in [4.78, 5) is 7.96. The predicted molar refractivity (Wildman–Crippen MR) is 83.1 cm³/mol. The second-order valence-electron chi connectivity index (χ2n) is 4.48. The summed E-state index contributed by atoms with van der Waals surface area (Å²) in [5.41, 5.74) is 1.35. The average molecular weight is 334 g/mol. The molecule has 2 aromatic rings. The van der Waals surface area contributed by atoms with Gasteiger partial charge < -0.3 is 4.90 Å². The predicted octanol–water partition coefficient (Wildman–Crippen LogP) is 5.23. The molecule has 3 heterocycles. The van der Waals surface area contributed by atoms with Gasteiger partial charge in [0.1, 0.15) is 11.0 Å². The molecule has 0 N–H and O–H groups in total. The number of thiophene rings is 1. The molecule has 100 valence electrons. The quantitative estimate of drug-likeness (QED) is 0.665. The zero-order valence-electron chi connectivity index (χ0n) is 10.2. The van der Waals surface area contributed by atoms with Crippen molar-refractivity contribution in [3.8, 4) is 0 Å². The maximum Gasteiger partial charge on any atom is 0.150 e. The molecule has 0 aromatic carbocycles. The van der Waals surface area contributed by atoms with Crippen LogP contribution in [-0.2, 0) is 6.42 Å². The highest BCUT2D eigenvalue weighted by molar-refractivity contribution is 7.10. The molecule has 0 fully saturated rings. The van der Waals surface area contributed by atoms with E-state index in [1.807, 2.05) is 11.3 Å². The van der Waals surface area contributed by atoms with Gasteiger partial charge in [0.25, 0.3) is 0 Å². The van der Waals surface area contributed by atoms with Crippen LogP contribution in [0.2, 0.25) is 15.2 Å². The first-order chi connectivity index (χ1) is 9.08. The van der Waals surface area contributed by atoms with E-state index in [0.29, 0.717) is 21.0 Å². The number of hydrogen-bond acceptors (Lipinski definition) is 3. The molecule has 0 amide bonds. The maximum absolute atomic E-state index is 6.26. The highest BCUT2D eigenvalue weighted by Gasteiger charge is 2.27. The molecule has 3 rings (SSSR count). The summed E-state index contributed by atoms with van der Waals surface area (Å²) in [5.74, 6) is 0.709. The molecule has 0 aliphatic carbocycles. The second kappa shape index (κ2) is 5.13. The average Bonchev–Trinajstić information content (AvgIpc) is 2.84. The van der Waals surface area contributed by atoms with Crippen LogP contribution in [0.3, 0.4) is 0 Å². The van der Waals surface area contributed by atoms with E-state index in [1.54, 1.807) is 6.07 Å². The summed E-state index contributed by atoms with van der Waals surface area (Å²) in [6, 6.07) is 4.07. The Hall–Kier alpha value is -0.480. The number of aromatic nitrogens is 1. The van der Waals surface area contributed by atoms with Gasteiger partial charge in [-0.2, -0.15) is 0 Å². The molecule has 0 saturated heterocycles. The van der Waals surface area contributed by atoms with Gasteiger partial charge in [-0.15, -0.1) is 11.3 Å². The summed E-state index contributed by atoms with van der Waals surface area (Å²) < 4.78 is 0. The van der Waals surface area contributed by atoms with E-state index in [0.717, 1.165) is 13.0 Å². The minimum absolute atomic E-state index is 0.247. The molecular weight excluding hydrogens is 323 g/mol. The molecule has 1 atom stereocenters. The van der Waals surface area contributed by atoms with E-state index >= 15 is 0 Å². The lowest BCUT2D eigenvalue weighted by molar-refractivity contribution is 0.625. The fraction of sp³-hybridized carbons (Fsp3) is 0.308. The van der Waals surface area contributed by atoms with Gasteiger partial charge in [-0.05, 0) is 36.4 Å². The third kappa shape index (κ3) is 2.33. The van der Waals surface area contributed by atoms with Crippen molar-refractivity contribution in [2.24, 2.45) is 0 Å². The van der Waals surface area contributed by atoms with E-state index in [9.17, 15) is 0 Å². The van der Waals surface area contributed by atoms with Gasteiger partial charge >= 0.3 is 0 Å². The Balaban J connectivity index is 2.02. The molecule has 0 radical (unpaired) electrons. The van der Waals surface area contributed by atoms with E-state index in [2.05, 4.69) is 28.3 Å². The van der Waals surface area contributed by atoms with Gasteiger partial charge in [-0.1, -0.05) is 34.8 Å². The van der Waals surface area contributed by atoms with Gasteiger partial charge in [0.15, 0.2) is 0 Å². The van der Waals surface area contributed by atoms with Crippen LogP contribution < -0.4 is 4.90 Å². The normalized spacial score (nSPS) is 18.5. The first kappa shape index (κ1) is 13.5. The van der Waals surface area contributed by atoms with Crippen LogP contribution in [-0.4, -0.2) is 11.5 Å². The SMILES string of the molecule is CC1c2ccsc2CCN1c1nc(Cl)c(Cl)cc1Cl. The second-order valence-corrected chi connectivity index (χ2v) is 6.66. The largest absolute Gasteiger partial charge is 0.348 e. The van der Waals surface area contributed by atoms with E-state index < -0.39 is 0 Å². The van der Waals surface area contributed by atoms with Gasteiger partial charge in [-0.3, -0.25) is 0 Å². The molecule has 0 bridgehead atoms. The van der Waals surface area contributed by atoms with Crippen molar-refractivity contribution in [1.29, 1.82) is 0 Å². The lowest BCUT2D eigenvalue weighted by Gasteiger charge is -2.35. The zero-order chi connectivity index (χ0) is 13.6. The van der Waals surface area contributed by atoms with Crippen molar-refractivity contribution in [2.75, 3.05) is 11.4 Å². The van der Waals surface area contributed by atoms with Gasteiger partial charge in [0.05, 0.1) is 16.1 Å². The van der Waals surface area contributed by atoms with Crippen molar-refractivity contribution < 1.29 is 0 Å². The number of halogens is 3. The van der Waals surface area contributed by atoms with Crippen LogP contribution in [0, 0.1) is 0 Å². The van der Waals surface area contributed by atoms with Crippen molar-refractivity contribution in [3.63, 3.8) is 0 Å². The smallest absolute Gasteiger partial charge is 0.150 e. The first-order valence-electron chi connectivity index (χ1n) is 5.92. The van der Waals surface area contributed by atoms with Crippen LogP contribution in [0.4, 0.5) is 5.82 Å². The molecule has 1 aliphatic rings. The Kier molecular flexibility index (Phi) is 3.65. The highest BCUT2D eigenvalue weighted by Crippen LogP contribution is 2.39. The minimum atomic E-state index is 0.247. The van der Waals surface area contributed by atoms with E-state index in [1.165, 1.54) is 10.4 Å². The lowest BCUT2D eigenvalue weighted by atomic mass is 10.0. The third-order valence-corrected chi connectivity index (χ3v) is 5.37. The first-order valence-corrected chi connectivity index (χ1v) is 7.93. The van der Waals surface area contributed by atoms with Gasteiger partial charge in [-0.25, -0.2) is 4.98 Å². The van der Waals surface area contributed by atoms with Crippen LogP contribution in [0.1, 0.15) is 23.4 Å². The molecule has 2 nitrogen and oxygen atoms in total. The maximum atomic E-state index is 6.26. The van der Waals surface area contributed by atoms with Crippen LogP contribution >= 0.6 is 46.1 Å². The van der Waals surface area contributed by atoms with Crippen molar-refractivity contribution >= 4 is 52.0 Å². The Morgan fingerprint density at radius 2 is 2.11 bits per heavy atom. The number of hydrogen-bond donors (Lipinski definition) is 0. The monoisotopic (exact) mass is 332 g/mol. The van der Waals surface area contributed by atoms with Crippen LogP contribution in [0.25, 0.3) is 0 Å². The molecule has 19 heavy (non-hydrogen) atoms. The lowest BCUT2D eigenvalue weighted by Crippen LogP contribution is -2.34. The number of anilines is 1. The topological polar surface area (TPSA) is 16.1 Å². The fourth-order valence-electron chi connectivity index (χ4n) is 2.44. The molecule has 6 heteroatoms. The molecule has 2 aromatic heterocycles. The van der Waals surface area contributed by atoms with Gasteiger partial charge in [0.2, 0.25) is 0 Å². The summed E-state index contributed by atoms with van der Waals surface area (Å²) in [5, 5.41) is 3.36. The Morgan fingerprint density at radius 1 is 1.32 bits per heavy atom. The summed E-state index contributed by atoms with van der Waals surface area (Å²) in [7, 11) is 0. The standard InChI is InChI=1S/C13H11Cl3N2S/c1-7-8-3-5-19-11(8)2-4-18(7)13-10(15)6-9(14)12(16)17-13/h3,5-7H,2,4H2,1H3. The van der Waals surface area contributed by atoms with Gasteiger partial charge in [0, 0.05) is 11.4 Å². The molecule has 0 spiro atoms. The van der Waals surface area contributed by atoms with Crippen LogP contribution in [0.15, 0.2) is 17.5 Å². The van der Waals surface area contributed by atoms with Crippen molar-refractivity contribution in [1.82, 2.24) is 4.98 Å². The summed E-state index contributed by atoms with van der Waals surface area (Å²) in [6.45, 7) is 3.05. The number of fused-ring (bicyclic) bond motifs is 1. The number of rotatable bonds is 1. The Morgan fingerprint density at radius 3 is 2.89 bits per heavy atom. The van der Waals surface area contributed by atoms with Crippen molar-refractivity contribution in [3.05, 3.63) is 43.2 Å².